The van der Waals surface area contributed by atoms with E-state index in [4.69, 9.17) is 4.74 Å². The van der Waals surface area contributed by atoms with Crippen molar-refractivity contribution in [3.8, 4) is 11.4 Å². The van der Waals surface area contributed by atoms with E-state index in [1.165, 1.54) is 6.07 Å². The van der Waals surface area contributed by atoms with Crippen molar-refractivity contribution >= 4 is 31.9 Å². The maximum absolute atomic E-state index is 11.5. The molecular formula is C12H10Br2N2O2. The average molecular weight is 374 g/mol. The highest BCUT2D eigenvalue weighted by atomic mass is 79.9. The molecule has 0 saturated carbocycles. The Bertz CT molecular complexity index is 626. The summed E-state index contributed by atoms with van der Waals surface area (Å²) < 4.78 is 6.83. The Labute approximate surface area is 121 Å². The molecule has 1 N–H and O–H groups in total. The van der Waals surface area contributed by atoms with Crippen molar-refractivity contribution in [2.45, 2.75) is 6.61 Å². The van der Waals surface area contributed by atoms with Crippen LogP contribution in [0.15, 0.2) is 38.0 Å². The molecule has 18 heavy (non-hydrogen) atoms. The number of hydrogen-bond donors (Lipinski definition) is 1. The third-order valence-corrected chi connectivity index (χ3v) is 4.16. The van der Waals surface area contributed by atoms with E-state index in [1.54, 1.807) is 7.11 Å². The molecule has 2 aromatic rings. The maximum Gasteiger partial charge on any atom is 0.251 e. The number of rotatable bonds is 3. The largest absolute Gasteiger partial charge is 0.378 e. The van der Waals surface area contributed by atoms with Crippen molar-refractivity contribution in [2.24, 2.45) is 0 Å². The molecule has 1 aromatic carbocycles. The van der Waals surface area contributed by atoms with Crippen LogP contribution in [0.1, 0.15) is 5.69 Å². The first-order chi connectivity index (χ1) is 8.60. The number of hydrogen-bond acceptors (Lipinski definition) is 3. The molecule has 4 nitrogen and oxygen atoms in total. The summed E-state index contributed by atoms with van der Waals surface area (Å²) in [6.07, 6.45) is 0. The third-order valence-electron chi connectivity index (χ3n) is 2.28. The lowest BCUT2D eigenvalue weighted by atomic mass is 10.2. The molecule has 94 valence electrons. The normalized spacial score (nSPS) is 10.6. The van der Waals surface area contributed by atoms with Gasteiger partial charge in [0.1, 0.15) is 5.82 Å². The second kappa shape index (κ2) is 5.77. The third kappa shape index (κ3) is 3.07. The van der Waals surface area contributed by atoms with Crippen LogP contribution in [-0.2, 0) is 11.3 Å². The molecule has 1 heterocycles. The lowest BCUT2D eigenvalue weighted by Gasteiger charge is -2.05. The minimum atomic E-state index is -0.189. The zero-order chi connectivity index (χ0) is 13.1. The van der Waals surface area contributed by atoms with Crippen molar-refractivity contribution < 1.29 is 4.74 Å². The standard InChI is InChI=1S/C12H10Br2N2O2/c1-18-6-8-5-11(17)16-12(15-8)7-2-3-9(13)10(14)4-7/h2-5H,6H2,1H3,(H,15,16,17). The van der Waals surface area contributed by atoms with Crippen molar-refractivity contribution in [3.05, 3.63) is 49.3 Å². The van der Waals surface area contributed by atoms with E-state index in [0.717, 1.165) is 14.5 Å². The summed E-state index contributed by atoms with van der Waals surface area (Å²) in [4.78, 5) is 18.6. The highest BCUT2D eigenvalue weighted by Gasteiger charge is 2.06. The summed E-state index contributed by atoms with van der Waals surface area (Å²) in [6.45, 7) is 0.314. The van der Waals surface area contributed by atoms with E-state index in [2.05, 4.69) is 41.8 Å². The molecule has 0 aliphatic heterocycles. The summed E-state index contributed by atoms with van der Waals surface area (Å²) in [5.41, 5.74) is 1.25. The Morgan fingerprint density at radius 1 is 1.28 bits per heavy atom. The molecule has 0 aliphatic rings. The minimum Gasteiger partial charge on any atom is -0.378 e. The lowest BCUT2D eigenvalue weighted by molar-refractivity contribution is 0.181. The van der Waals surface area contributed by atoms with Gasteiger partial charge in [0, 0.05) is 27.7 Å². The number of halogens is 2. The second-order valence-electron chi connectivity index (χ2n) is 3.65. The second-order valence-corrected chi connectivity index (χ2v) is 5.36. The first kappa shape index (κ1) is 13.5. The molecule has 0 bridgehead atoms. The van der Waals surface area contributed by atoms with Crippen LogP contribution in [0.25, 0.3) is 11.4 Å². The zero-order valence-electron chi connectivity index (χ0n) is 9.54. The van der Waals surface area contributed by atoms with Gasteiger partial charge in [0.2, 0.25) is 0 Å². The molecule has 1 aromatic heterocycles. The van der Waals surface area contributed by atoms with Gasteiger partial charge in [0.15, 0.2) is 0 Å². The Morgan fingerprint density at radius 3 is 2.72 bits per heavy atom. The molecule has 0 saturated heterocycles. The fraction of sp³-hybridized carbons (Fsp3) is 0.167. The molecule has 0 spiro atoms. The van der Waals surface area contributed by atoms with Crippen molar-refractivity contribution in [1.29, 1.82) is 0 Å². The van der Waals surface area contributed by atoms with Crippen molar-refractivity contribution in [3.63, 3.8) is 0 Å². The number of nitrogens with one attached hydrogen (secondary N) is 1. The summed E-state index contributed by atoms with van der Waals surface area (Å²) in [5, 5.41) is 0. The highest BCUT2D eigenvalue weighted by Crippen LogP contribution is 2.27. The van der Waals surface area contributed by atoms with Gasteiger partial charge in [0.25, 0.3) is 5.56 Å². The topological polar surface area (TPSA) is 55.0 Å². The maximum atomic E-state index is 11.5. The fourth-order valence-corrected chi connectivity index (χ4v) is 2.14. The van der Waals surface area contributed by atoms with Crippen LogP contribution < -0.4 is 5.56 Å². The van der Waals surface area contributed by atoms with E-state index in [1.807, 2.05) is 18.2 Å². The SMILES string of the molecule is COCc1cc(=O)[nH]c(-c2ccc(Br)c(Br)c2)n1. The quantitative estimate of drug-likeness (QED) is 0.899. The lowest BCUT2D eigenvalue weighted by Crippen LogP contribution is -2.10. The number of methoxy groups -OCH3 is 1. The molecule has 0 radical (unpaired) electrons. The average Bonchev–Trinajstić information content (AvgIpc) is 2.32. The van der Waals surface area contributed by atoms with Crippen LogP contribution in [-0.4, -0.2) is 17.1 Å². The van der Waals surface area contributed by atoms with Crippen LogP contribution in [0.2, 0.25) is 0 Å². The Balaban J connectivity index is 2.49. The van der Waals surface area contributed by atoms with E-state index in [0.29, 0.717) is 18.1 Å². The van der Waals surface area contributed by atoms with E-state index >= 15 is 0 Å². The minimum absolute atomic E-state index is 0.189. The number of benzene rings is 1. The Morgan fingerprint density at radius 2 is 2.06 bits per heavy atom. The predicted molar refractivity (Wildman–Crippen MR) is 76.4 cm³/mol. The molecule has 0 unspecified atom stereocenters. The van der Waals surface area contributed by atoms with Crippen molar-refractivity contribution in [2.75, 3.05) is 7.11 Å². The van der Waals surface area contributed by atoms with Gasteiger partial charge in [-0.3, -0.25) is 4.79 Å². The van der Waals surface area contributed by atoms with Gasteiger partial charge in [-0.05, 0) is 44.0 Å². The molecular weight excluding hydrogens is 364 g/mol. The number of nitrogens with zero attached hydrogens (tertiary/aromatic N) is 1. The highest BCUT2D eigenvalue weighted by molar-refractivity contribution is 9.13. The summed E-state index contributed by atoms with van der Waals surface area (Å²) in [5.74, 6) is 0.530. The van der Waals surface area contributed by atoms with Crippen LogP contribution in [0.3, 0.4) is 0 Å². The predicted octanol–water partition coefficient (Wildman–Crippen LogP) is 3.11. The van der Waals surface area contributed by atoms with Gasteiger partial charge in [-0.25, -0.2) is 4.98 Å². The fourth-order valence-electron chi connectivity index (χ4n) is 1.51. The van der Waals surface area contributed by atoms with Gasteiger partial charge in [-0.15, -0.1) is 0 Å². The number of aromatic amines is 1. The molecule has 6 heteroatoms. The summed E-state index contributed by atoms with van der Waals surface area (Å²) in [7, 11) is 1.57. The van der Waals surface area contributed by atoms with Gasteiger partial charge in [-0.1, -0.05) is 6.07 Å². The first-order valence-corrected chi connectivity index (χ1v) is 6.73. The van der Waals surface area contributed by atoms with E-state index in [-0.39, 0.29) is 5.56 Å². The molecule has 2 rings (SSSR count). The van der Waals surface area contributed by atoms with Gasteiger partial charge < -0.3 is 9.72 Å². The Hall–Kier alpha value is -0.980. The number of H-pyrrole nitrogens is 1. The van der Waals surface area contributed by atoms with Gasteiger partial charge >= 0.3 is 0 Å². The van der Waals surface area contributed by atoms with Crippen LogP contribution >= 0.6 is 31.9 Å². The zero-order valence-corrected chi connectivity index (χ0v) is 12.7. The molecule has 0 fully saturated rings. The van der Waals surface area contributed by atoms with Crippen LogP contribution in [0, 0.1) is 0 Å². The first-order valence-electron chi connectivity index (χ1n) is 5.15. The summed E-state index contributed by atoms with van der Waals surface area (Å²) >= 11 is 6.82. The van der Waals surface area contributed by atoms with Crippen molar-refractivity contribution in [1.82, 2.24) is 9.97 Å². The number of aromatic nitrogens is 2. The molecule has 0 atom stereocenters. The number of ether oxygens (including phenoxy) is 1. The monoisotopic (exact) mass is 372 g/mol. The van der Waals surface area contributed by atoms with Gasteiger partial charge in [-0.2, -0.15) is 0 Å². The van der Waals surface area contributed by atoms with Crippen LogP contribution in [0.5, 0.6) is 0 Å². The Kier molecular flexibility index (Phi) is 4.31. The van der Waals surface area contributed by atoms with E-state index in [9.17, 15) is 4.79 Å². The molecule has 0 amide bonds. The smallest absolute Gasteiger partial charge is 0.251 e. The van der Waals surface area contributed by atoms with Crippen LogP contribution in [0.4, 0.5) is 0 Å². The van der Waals surface area contributed by atoms with E-state index < -0.39 is 0 Å². The van der Waals surface area contributed by atoms with Gasteiger partial charge in [0.05, 0.1) is 12.3 Å². The summed E-state index contributed by atoms with van der Waals surface area (Å²) in [6, 6.07) is 7.09. The molecule has 0 aliphatic carbocycles.